The molecule has 162 valence electrons. The minimum absolute atomic E-state index is 0.109. The number of hydrogen-bond acceptors (Lipinski definition) is 5. The van der Waals surface area contributed by atoms with Gasteiger partial charge < -0.3 is 14.4 Å². The van der Waals surface area contributed by atoms with E-state index in [4.69, 9.17) is 9.47 Å². The first-order valence-corrected chi connectivity index (χ1v) is 10.8. The van der Waals surface area contributed by atoms with Crippen molar-refractivity contribution in [1.82, 2.24) is 14.8 Å². The van der Waals surface area contributed by atoms with Crippen LogP contribution in [0.5, 0.6) is 11.5 Å². The minimum Gasteiger partial charge on any atom is -0.497 e. The maximum Gasteiger partial charge on any atom is 0.226 e. The normalized spacial score (nSPS) is 16.8. The van der Waals surface area contributed by atoms with Crippen LogP contribution in [0.2, 0.25) is 0 Å². The van der Waals surface area contributed by atoms with E-state index < -0.39 is 0 Å². The second kappa shape index (κ2) is 11.0. The minimum atomic E-state index is 0.109. The first kappa shape index (κ1) is 22.1. The molecule has 3 rings (SSSR count). The summed E-state index contributed by atoms with van der Waals surface area (Å²) in [6.07, 6.45) is 3.78. The average molecular weight is 412 g/mol. The third-order valence-electron chi connectivity index (χ3n) is 5.64. The Morgan fingerprint density at radius 2 is 2.03 bits per heavy atom. The smallest absolute Gasteiger partial charge is 0.226 e. The van der Waals surface area contributed by atoms with Gasteiger partial charge in [-0.15, -0.1) is 0 Å². The summed E-state index contributed by atoms with van der Waals surface area (Å²) in [6, 6.07) is 11.9. The monoisotopic (exact) mass is 411 g/mol. The average Bonchev–Trinajstić information content (AvgIpc) is 2.79. The lowest BCUT2D eigenvalue weighted by Crippen LogP contribution is -2.44. The zero-order chi connectivity index (χ0) is 21.3. The second-order valence-electron chi connectivity index (χ2n) is 7.71. The number of aromatic nitrogens is 1. The van der Waals surface area contributed by atoms with Crippen molar-refractivity contribution >= 4 is 5.91 Å². The molecule has 30 heavy (non-hydrogen) atoms. The summed E-state index contributed by atoms with van der Waals surface area (Å²) in [5.74, 6) is 2.01. The number of ether oxygens (including phenoxy) is 2. The number of amides is 1. The second-order valence-corrected chi connectivity index (χ2v) is 7.71. The van der Waals surface area contributed by atoms with E-state index in [9.17, 15) is 4.79 Å². The number of nitrogens with zero attached hydrogens (tertiary/aromatic N) is 3. The van der Waals surface area contributed by atoms with Gasteiger partial charge in [0.25, 0.3) is 0 Å². The van der Waals surface area contributed by atoms with Gasteiger partial charge >= 0.3 is 0 Å². The Morgan fingerprint density at radius 1 is 1.20 bits per heavy atom. The molecule has 2 aromatic rings. The third-order valence-corrected chi connectivity index (χ3v) is 5.64. The van der Waals surface area contributed by atoms with Crippen LogP contribution < -0.4 is 9.47 Å². The molecule has 1 aromatic carbocycles. The third kappa shape index (κ3) is 5.95. The summed E-state index contributed by atoms with van der Waals surface area (Å²) < 4.78 is 11.2. The maximum absolute atomic E-state index is 12.7. The highest BCUT2D eigenvalue weighted by atomic mass is 16.5. The summed E-state index contributed by atoms with van der Waals surface area (Å²) in [6.45, 7) is 8.75. The molecule has 0 radical (unpaired) electrons. The SMILES string of the molecule is CCN(CC)C(=O)C1CCCN(Cc2cccc(OCc3cc(OC)ccn3)c2)C1. The Bertz CT molecular complexity index is 823. The molecule has 1 atom stereocenters. The molecule has 1 unspecified atom stereocenters. The highest BCUT2D eigenvalue weighted by Gasteiger charge is 2.28. The molecule has 0 N–H and O–H groups in total. The van der Waals surface area contributed by atoms with Crippen LogP contribution in [0, 0.1) is 5.92 Å². The number of piperidine rings is 1. The van der Waals surface area contributed by atoms with E-state index in [1.54, 1.807) is 13.3 Å². The van der Waals surface area contributed by atoms with E-state index in [0.29, 0.717) is 12.5 Å². The van der Waals surface area contributed by atoms with Crippen molar-refractivity contribution < 1.29 is 14.3 Å². The molecule has 0 bridgehead atoms. The Kier molecular flexibility index (Phi) is 8.08. The van der Waals surface area contributed by atoms with Crippen molar-refractivity contribution in [3.63, 3.8) is 0 Å². The fourth-order valence-electron chi connectivity index (χ4n) is 4.01. The molecule has 1 aliphatic heterocycles. The number of benzene rings is 1. The molecule has 2 heterocycles. The van der Waals surface area contributed by atoms with Crippen molar-refractivity contribution in [1.29, 1.82) is 0 Å². The first-order chi connectivity index (χ1) is 14.6. The number of pyridine rings is 1. The van der Waals surface area contributed by atoms with Crippen LogP contribution in [0.4, 0.5) is 0 Å². The summed E-state index contributed by atoms with van der Waals surface area (Å²) in [5, 5.41) is 0. The lowest BCUT2D eigenvalue weighted by Gasteiger charge is -2.34. The Labute approximate surface area is 179 Å². The molecular formula is C24H33N3O3. The number of carbonyl (C=O) groups excluding carboxylic acids is 1. The van der Waals surface area contributed by atoms with Gasteiger partial charge in [-0.25, -0.2) is 0 Å². The molecule has 1 amide bonds. The zero-order valence-electron chi connectivity index (χ0n) is 18.3. The van der Waals surface area contributed by atoms with Gasteiger partial charge in [0.2, 0.25) is 5.91 Å². The van der Waals surface area contributed by atoms with Crippen LogP contribution in [-0.4, -0.2) is 54.0 Å². The van der Waals surface area contributed by atoms with Gasteiger partial charge in [-0.2, -0.15) is 0 Å². The van der Waals surface area contributed by atoms with E-state index >= 15 is 0 Å². The van der Waals surface area contributed by atoms with E-state index in [0.717, 1.165) is 62.8 Å². The van der Waals surface area contributed by atoms with E-state index in [2.05, 4.69) is 35.9 Å². The molecule has 1 aliphatic rings. The number of hydrogen-bond donors (Lipinski definition) is 0. The predicted octanol–water partition coefficient (Wildman–Crippen LogP) is 3.75. The predicted molar refractivity (Wildman–Crippen MR) is 117 cm³/mol. The highest BCUT2D eigenvalue weighted by molar-refractivity contribution is 5.79. The molecule has 1 fully saturated rings. The van der Waals surface area contributed by atoms with Crippen molar-refractivity contribution in [2.24, 2.45) is 5.92 Å². The topological polar surface area (TPSA) is 54.9 Å². The van der Waals surface area contributed by atoms with Crippen LogP contribution in [0.1, 0.15) is 37.9 Å². The van der Waals surface area contributed by atoms with Gasteiger partial charge in [0, 0.05) is 38.4 Å². The van der Waals surface area contributed by atoms with Crippen LogP contribution in [0.25, 0.3) is 0 Å². The Morgan fingerprint density at radius 3 is 2.80 bits per heavy atom. The molecule has 6 nitrogen and oxygen atoms in total. The Balaban J connectivity index is 1.57. The van der Waals surface area contributed by atoms with Gasteiger partial charge in [0.05, 0.1) is 18.7 Å². The number of rotatable bonds is 9. The summed E-state index contributed by atoms with van der Waals surface area (Å²) >= 11 is 0. The van der Waals surface area contributed by atoms with Crippen LogP contribution in [0.3, 0.4) is 0 Å². The lowest BCUT2D eigenvalue weighted by molar-refractivity contribution is -0.137. The maximum atomic E-state index is 12.7. The van der Waals surface area contributed by atoms with Crippen molar-refractivity contribution in [3.05, 3.63) is 53.9 Å². The van der Waals surface area contributed by atoms with Crippen LogP contribution in [-0.2, 0) is 17.9 Å². The van der Waals surface area contributed by atoms with Crippen molar-refractivity contribution in [2.45, 2.75) is 39.8 Å². The van der Waals surface area contributed by atoms with E-state index in [1.807, 2.05) is 29.2 Å². The van der Waals surface area contributed by atoms with E-state index in [-0.39, 0.29) is 5.92 Å². The summed E-state index contributed by atoms with van der Waals surface area (Å²) in [4.78, 5) is 21.4. The molecule has 1 aromatic heterocycles. The number of carbonyl (C=O) groups is 1. The fourth-order valence-corrected chi connectivity index (χ4v) is 4.01. The van der Waals surface area contributed by atoms with Gasteiger partial charge in [-0.05, 0) is 57.0 Å². The van der Waals surface area contributed by atoms with Gasteiger partial charge in [0.15, 0.2) is 0 Å². The fraction of sp³-hybridized carbons (Fsp3) is 0.500. The van der Waals surface area contributed by atoms with Crippen molar-refractivity contribution in [3.8, 4) is 11.5 Å². The first-order valence-electron chi connectivity index (χ1n) is 10.8. The highest BCUT2D eigenvalue weighted by Crippen LogP contribution is 2.22. The molecule has 6 heteroatoms. The molecule has 1 saturated heterocycles. The van der Waals surface area contributed by atoms with Gasteiger partial charge in [-0.1, -0.05) is 12.1 Å². The summed E-state index contributed by atoms with van der Waals surface area (Å²) in [7, 11) is 1.64. The number of methoxy groups -OCH3 is 1. The number of likely N-dealkylation sites (tertiary alicyclic amines) is 1. The van der Waals surface area contributed by atoms with Gasteiger partial charge in [0.1, 0.15) is 18.1 Å². The Hall–Kier alpha value is -2.60. The quantitative estimate of drug-likeness (QED) is 0.629. The molecule has 0 saturated carbocycles. The molecule has 0 aliphatic carbocycles. The lowest BCUT2D eigenvalue weighted by atomic mass is 9.96. The zero-order valence-corrected chi connectivity index (χ0v) is 18.3. The van der Waals surface area contributed by atoms with Gasteiger partial charge in [-0.3, -0.25) is 14.7 Å². The van der Waals surface area contributed by atoms with Crippen LogP contribution >= 0.6 is 0 Å². The molecular weight excluding hydrogens is 378 g/mol. The summed E-state index contributed by atoms with van der Waals surface area (Å²) in [5.41, 5.74) is 2.02. The van der Waals surface area contributed by atoms with E-state index in [1.165, 1.54) is 5.56 Å². The largest absolute Gasteiger partial charge is 0.497 e. The standard InChI is InChI=1S/C24H33N3O3/c1-4-27(5-2)24(28)20-9-7-13-26(17-20)16-19-8-6-10-23(14-19)30-18-21-15-22(29-3)11-12-25-21/h6,8,10-12,14-15,20H,4-5,7,9,13,16-18H2,1-3H3. The van der Waals surface area contributed by atoms with Crippen LogP contribution in [0.15, 0.2) is 42.6 Å². The molecule has 0 spiro atoms. The van der Waals surface area contributed by atoms with Crippen molar-refractivity contribution in [2.75, 3.05) is 33.3 Å².